The highest BCUT2D eigenvalue weighted by molar-refractivity contribution is 6.32. The number of aromatic nitrogens is 1. The minimum Gasteiger partial charge on any atom is -0.490 e. The molecule has 8 nitrogen and oxygen atoms in total. The van der Waals surface area contributed by atoms with E-state index in [-0.39, 0.29) is 24.8 Å². The highest BCUT2D eigenvalue weighted by Crippen LogP contribution is 2.37. The first-order valence-corrected chi connectivity index (χ1v) is 14.3. The lowest BCUT2D eigenvalue weighted by Gasteiger charge is -2.14. The van der Waals surface area contributed by atoms with Crippen LogP contribution < -0.4 is 19.6 Å². The lowest BCUT2D eigenvalue weighted by atomic mass is 10.2. The van der Waals surface area contributed by atoms with Crippen LogP contribution in [0.2, 0.25) is 5.02 Å². The molecule has 0 spiro atoms. The predicted octanol–water partition coefficient (Wildman–Crippen LogP) is 7.80. The molecule has 1 N–H and O–H groups in total. The summed E-state index contributed by atoms with van der Waals surface area (Å²) in [6, 6.07) is 24.5. The summed E-state index contributed by atoms with van der Waals surface area (Å²) < 4.78 is 38.4. The minimum atomic E-state index is -0.523. The third kappa shape index (κ3) is 7.48. The quantitative estimate of drug-likeness (QED) is 0.114. The summed E-state index contributed by atoms with van der Waals surface area (Å²) in [6.45, 7) is 6.68. The van der Waals surface area contributed by atoms with E-state index in [2.05, 4.69) is 41.1 Å². The molecule has 0 fully saturated rings. The number of nitrogens with one attached hydrogen (secondary N) is 1. The third-order valence-electron chi connectivity index (χ3n) is 6.64. The number of halogens is 2. The summed E-state index contributed by atoms with van der Waals surface area (Å²) in [5, 5.41) is 4.33. The van der Waals surface area contributed by atoms with Gasteiger partial charge in [0.05, 0.1) is 17.8 Å². The second-order valence-electron chi connectivity index (χ2n) is 9.88. The van der Waals surface area contributed by atoms with E-state index in [1.54, 1.807) is 36.4 Å². The molecule has 0 radical (unpaired) electrons. The van der Waals surface area contributed by atoms with Gasteiger partial charge in [0.25, 0.3) is 0 Å². The van der Waals surface area contributed by atoms with Gasteiger partial charge in [0.2, 0.25) is 0 Å². The molecule has 0 aliphatic rings. The fraction of sp³-hybridized carbons (Fsp3) is 0.176. The lowest BCUT2D eigenvalue weighted by molar-refractivity contribution is 0.0923. The molecule has 0 aliphatic carbocycles. The number of furan rings is 1. The van der Waals surface area contributed by atoms with Gasteiger partial charge in [-0.2, -0.15) is 5.10 Å². The summed E-state index contributed by atoms with van der Waals surface area (Å²) in [4.78, 5) is 12.6. The molecule has 3 aromatic carbocycles. The van der Waals surface area contributed by atoms with Crippen LogP contribution in [-0.2, 0) is 13.2 Å². The molecular weight excluding hydrogens is 585 g/mol. The van der Waals surface area contributed by atoms with Gasteiger partial charge in [-0.05, 0) is 105 Å². The van der Waals surface area contributed by atoms with E-state index in [0.717, 1.165) is 22.6 Å². The normalized spacial score (nSPS) is 11.1. The molecule has 0 atom stereocenters. The first-order valence-electron chi connectivity index (χ1n) is 13.9. The van der Waals surface area contributed by atoms with Gasteiger partial charge in [0.15, 0.2) is 17.3 Å². The van der Waals surface area contributed by atoms with Crippen molar-refractivity contribution in [3.8, 4) is 22.9 Å². The Balaban J connectivity index is 1.15. The highest BCUT2D eigenvalue weighted by Gasteiger charge is 2.14. The van der Waals surface area contributed by atoms with E-state index in [4.69, 9.17) is 30.2 Å². The van der Waals surface area contributed by atoms with Crippen LogP contribution in [0.15, 0.2) is 94.4 Å². The topological polar surface area (TPSA) is 87.2 Å². The van der Waals surface area contributed by atoms with Crippen molar-refractivity contribution in [3.05, 3.63) is 130 Å². The monoisotopic (exact) mass is 615 g/mol. The summed E-state index contributed by atoms with van der Waals surface area (Å²) in [5.74, 6) is 1.18. The van der Waals surface area contributed by atoms with E-state index in [1.165, 1.54) is 18.3 Å². The number of benzene rings is 3. The molecule has 1 amide bonds. The molecule has 5 rings (SSSR count). The second kappa shape index (κ2) is 14.0. The smallest absolute Gasteiger partial charge is 0.307 e. The third-order valence-corrected chi connectivity index (χ3v) is 6.92. The van der Waals surface area contributed by atoms with Crippen LogP contribution in [0.1, 0.15) is 45.8 Å². The number of hydrazone groups is 1. The Bertz CT molecular complexity index is 1740. The van der Waals surface area contributed by atoms with Crippen molar-refractivity contribution in [1.29, 1.82) is 0 Å². The van der Waals surface area contributed by atoms with Crippen molar-refractivity contribution < 1.29 is 27.8 Å². The van der Waals surface area contributed by atoms with Gasteiger partial charge < -0.3 is 23.2 Å². The van der Waals surface area contributed by atoms with Crippen LogP contribution in [0.4, 0.5) is 4.39 Å². The molecule has 2 aromatic heterocycles. The molecule has 0 saturated heterocycles. The number of ether oxygens (including phenoxy) is 3. The number of nitrogens with zero attached hydrogens (tertiary/aromatic N) is 2. The molecule has 0 unspecified atom stereocenters. The van der Waals surface area contributed by atoms with Crippen LogP contribution in [0, 0.1) is 19.7 Å². The van der Waals surface area contributed by atoms with Crippen LogP contribution in [0.3, 0.4) is 0 Å². The van der Waals surface area contributed by atoms with Gasteiger partial charge in [-0.1, -0.05) is 23.7 Å². The van der Waals surface area contributed by atoms with Crippen molar-refractivity contribution in [2.45, 2.75) is 34.0 Å². The predicted molar refractivity (Wildman–Crippen MR) is 167 cm³/mol. The van der Waals surface area contributed by atoms with Crippen LogP contribution in [0.25, 0.3) is 5.69 Å². The highest BCUT2D eigenvalue weighted by atomic mass is 35.5. The standard InChI is InChI=1S/C34H31ClFN3O5/c1-4-41-32-18-25(17-30(35)33(32)43-20-24-7-9-26(36)10-8-24)19-37-38-34(40)31-16-15-29(44-31)21-42-28-13-11-27(12-14-28)39-22(2)5-6-23(39)3/h5-19H,4,20-21H2,1-3H3,(H,38,40)/b37-19+. The van der Waals surface area contributed by atoms with Gasteiger partial charge in [-0.15, -0.1) is 0 Å². The maximum atomic E-state index is 13.2. The Morgan fingerprint density at radius 1 is 0.932 bits per heavy atom. The molecule has 0 aliphatic heterocycles. The van der Waals surface area contributed by atoms with Crippen LogP contribution in [0.5, 0.6) is 17.2 Å². The fourth-order valence-corrected chi connectivity index (χ4v) is 4.79. The van der Waals surface area contributed by atoms with Crippen LogP contribution >= 0.6 is 11.6 Å². The zero-order valence-corrected chi connectivity index (χ0v) is 25.2. The zero-order valence-electron chi connectivity index (χ0n) is 24.5. The number of hydrogen-bond donors (Lipinski definition) is 1. The Morgan fingerprint density at radius 2 is 1.66 bits per heavy atom. The number of amides is 1. The molecule has 226 valence electrons. The Kier molecular flexibility index (Phi) is 9.66. The molecule has 0 saturated carbocycles. The van der Waals surface area contributed by atoms with Gasteiger partial charge in [0.1, 0.15) is 30.5 Å². The van der Waals surface area contributed by atoms with E-state index < -0.39 is 5.91 Å². The molecule has 44 heavy (non-hydrogen) atoms. The zero-order chi connectivity index (χ0) is 31.1. The lowest BCUT2D eigenvalue weighted by Crippen LogP contribution is -2.16. The van der Waals surface area contributed by atoms with Crippen molar-refractivity contribution >= 4 is 23.7 Å². The first-order chi connectivity index (χ1) is 21.3. The van der Waals surface area contributed by atoms with Crippen molar-refractivity contribution in [2.75, 3.05) is 6.61 Å². The van der Waals surface area contributed by atoms with Gasteiger partial charge in [-0.25, -0.2) is 9.82 Å². The minimum absolute atomic E-state index is 0.0900. The first kappa shape index (κ1) is 30.4. The van der Waals surface area contributed by atoms with Crippen molar-refractivity contribution in [3.63, 3.8) is 0 Å². The number of hydrogen-bond acceptors (Lipinski definition) is 6. The largest absolute Gasteiger partial charge is 0.490 e. The molecule has 0 bridgehead atoms. The molecule has 10 heteroatoms. The summed E-state index contributed by atoms with van der Waals surface area (Å²) in [7, 11) is 0. The number of carbonyl (C=O) groups excluding carboxylic acids is 1. The van der Waals surface area contributed by atoms with Gasteiger partial charge in [0, 0.05) is 17.1 Å². The van der Waals surface area contributed by atoms with Crippen LogP contribution in [-0.4, -0.2) is 23.3 Å². The fourth-order valence-electron chi connectivity index (χ4n) is 4.52. The van der Waals surface area contributed by atoms with Crippen molar-refractivity contribution in [1.82, 2.24) is 9.99 Å². The molecular formula is C34H31ClFN3O5. The Hall–Kier alpha value is -5.02. The van der Waals surface area contributed by atoms with E-state index >= 15 is 0 Å². The number of rotatable bonds is 12. The average molecular weight is 616 g/mol. The maximum Gasteiger partial charge on any atom is 0.307 e. The Labute approximate surface area is 259 Å². The van der Waals surface area contributed by atoms with E-state index in [1.807, 2.05) is 31.2 Å². The van der Waals surface area contributed by atoms with Gasteiger partial charge in [-0.3, -0.25) is 4.79 Å². The van der Waals surface area contributed by atoms with Crippen molar-refractivity contribution in [2.24, 2.45) is 5.10 Å². The Morgan fingerprint density at radius 3 is 2.36 bits per heavy atom. The average Bonchev–Trinajstić information content (AvgIpc) is 3.63. The summed E-state index contributed by atoms with van der Waals surface area (Å²) >= 11 is 6.48. The molecule has 2 heterocycles. The SMILES string of the molecule is CCOc1cc(/C=N/NC(=O)c2ccc(COc3ccc(-n4c(C)ccc4C)cc3)o2)cc(Cl)c1OCc1ccc(F)cc1. The molecule has 5 aromatic rings. The van der Waals surface area contributed by atoms with E-state index in [0.29, 0.717) is 40.2 Å². The van der Waals surface area contributed by atoms with Gasteiger partial charge >= 0.3 is 5.91 Å². The summed E-state index contributed by atoms with van der Waals surface area (Å²) in [5.41, 5.74) is 7.17. The summed E-state index contributed by atoms with van der Waals surface area (Å²) in [6.07, 6.45) is 1.43. The second-order valence-corrected chi connectivity index (χ2v) is 10.3. The number of carbonyl (C=O) groups is 1. The maximum absolute atomic E-state index is 13.2. The van der Waals surface area contributed by atoms with E-state index in [9.17, 15) is 9.18 Å². The number of aryl methyl sites for hydroxylation is 2.